The molecule has 5 nitrogen and oxygen atoms in total. The average Bonchev–Trinajstić information content (AvgIpc) is 3.14. The van der Waals surface area contributed by atoms with Crippen LogP contribution in [0.1, 0.15) is 53.5 Å². The molecule has 2 aromatic heterocycles. The van der Waals surface area contributed by atoms with Gasteiger partial charge in [-0.25, -0.2) is 8.78 Å². The number of rotatable bonds is 5. The van der Waals surface area contributed by atoms with E-state index in [1.54, 1.807) is 12.1 Å². The number of aryl methyl sites for hydroxylation is 1. The number of fused-ring (bicyclic) bond motifs is 2. The van der Waals surface area contributed by atoms with Gasteiger partial charge in [-0.15, -0.1) is 10.2 Å². The maximum absolute atomic E-state index is 13.3. The largest absolute Gasteiger partial charge is 0.335 e. The fraction of sp³-hybridized carbons (Fsp3) is 0.381. The molecule has 0 saturated heterocycles. The molecule has 1 amide bonds. The normalized spacial score (nSPS) is 16.4. The van der Waals surface area contributed by atoms with Gasteiger partial charge in [0.15, 0.2) is 5.65 Å². The lowest BCUT2D eigenvalue weighted by Crippen LogP contribution is -2.44. The zero-order valence-corrected chi connectivity index (χ0v) is 15.7. The predicted octanol–water partition coefficient (Wildman–Crippen LogP) is 4.08. The first-order valence-electron chi connectivity index (χ1n) is 9.59. The van der Waals surface area contributed by atoms with Gasteiger partial charge in [0.1, 0.15) is 0 Å². The van der Waals surface area contributed by atoms with Crippen molar-refractivity contribution in [2.24, 2.45) is 0 Å². The molecule has 0 aliphatic heterocycles. The van der Waals surface area contributed by atoms with Crippen molar-refractivity contribution >= 4 is 11.6 Å². The van der Waals surface area contributed by atoms with Crippen LogP contribution in [-0.2, 0) is 12.8 Å². The van der Waals surface area contributed by atoms with E-state index in [9.17, 15) is 13.6 Å². The van der Waals surface area contributed by atoms with Crippen LogP contribution in [0.3, 0.4) is 0 Å². The number of aromatic nitrogens is 3. The molecular formula is C21H22F2N4O. The maximum Gasteiger partial charge on any atom is 0.297 e. The Hall–Kier alpha value is -2.83. The number of hydrogen-bond donors (Lipinski definition) is 0. The summed E-state index contributed by atoms with van der Waals surface area (Å²) in [7, 11) is 0. The number of amides is 1. The highest BCUT2D eigenvalue weighted by molar-refractivity contribution is 5.94. The number of carbonyl (C=O) groups is 1. The van der Waals surface area contributed by atoms with Crippen LogP contribution in [0.25, 0.3) is 5.65 Å². The molecule has 0 bridgehead atoms. The molecule has 3 aromatic rings. The quantitative estimate of drug-likeness (QED) is 0.666. The number of nitrogens with zero attached hydrogens (tertiary/aromatic N) is 4. The Kier molecular flexibility index (Phi) is 5.07. The standard InChI is InChI=1S/C21H22F2N4O/c1-2-11-26(17-9-7-14-5-3-4-6-15(14)12-17)21(28)16-8-10-18-24-25-20(19(22)23)27(18)13-16/h3-6,8,10,13,17,19H,2,7,9,11-12H2,1H3/t17-/m0/s1. The lowest BCUT2D eigenvalue weighted by Gasteiger charge is -2.35. The van der Waals surface area contributed by atoms with E-state index in [1.807, 2.05) is 24.0 Å². The molecule has 0 saturated carbocycles. The van der Waals surface area contributed by atoms with Crippen LogP contribution < -0.4 is 0 Å². The van der Waals surface area contributed by atoms with Crippen molar-refractivity contribution in [2.75, 3.05) is 6.54 Å². The van der Waals surface area contributed by atoms with Crippen LogP contribution in [0.4, 0.5) is 8.78 Å². The summed E-state index contributed by atoms with van der Waals surface area (Å²) >= 11 is 0. The Labute approximate surface area is 162 Å². The third-order valence-corrected chi connectivity index (χ3v) is 5.36. The van der Waals surface area contributed by atoms with Crippen molar-refractivity contribution in [3.63, 3.8) is 0 Å². The summed E-state index contributed by atoms with van der Waals surface area (Å²) in [6.07, 6.45) is 2.18. The summed E-state index contributed by atoms with van der Waals surface area (Å²) in [6.45, 7) is 2.67. The van der Waals surface area contributed by atoms with E-state index in [-0.39, 0.29) is 11.9 Å². The fourth-order valence-corrected chi connectivity index (χ4v) is 3.99. The fourth-order valence-electron chi connectivity index (χ4n) is 3.99. The molecule has 7 heteroatoms. The van der Waals surface area contributed by atoms with Crippen molar-refractivity contribution in [3.05, 3.63) is 65.1 Å². The van der Waals surface area contributed by atoms with Gasteiger partial charge in [0.25, 0.3) is 12.3 Å². The zero-order valence-electron chi connectivity index (χ0n) is 15.7. The van der Waals surface area contributed by atoms with Gasteiger partial charge in [-0.05, 0) is 48.9 Å². The molecule has 4 rings (SSSR count). The highest BCUT2D eigenvalue weighted by Gasteiger charge is 2.28. The number of carbonyl (C=O) groups excluding carboxylic acids is 1. The van der Waals surface area contributed by atoms with E-state index in [0.29, 0.717) is 17.8 Å². The van der Waals surface area contributed by atoms with Crippen molar-refractivity contribution < 1.29 is 13.6 Å². The number of pyridine rings is 1. The molecule has 28 heavy (non-hydrogen) atoms. The summed E-state index contributed by atoms with van der Waals surface area (Å²) in [5.41, 5.74) is 3.30. The van der Waals surface area contributed by atoms with Crippen LogP contribution in [-0.4, -0.2) is 38.0 Å². The first-order chi connectivity index (χ1) is 13.6. The second kappa shape index (κ2) is 7.66. The minimum atomic E-state index is -2.75. The second-order valence-corrected chi connectivity index (χ2v) is 7.17. The first kappa shape index (κ1) is 18.5. The van der Waals surface area contributed by atoms with Crippen molar-refractivity contribution in [2.45, 2.75) is 45.1 Å². The lowest BCUT2D eigenvalue weighted by atomic mass is 9.87. The minimum Gasteiger partial charge on any atom is -0.335 e. The first-order valence-corrected chi connectivity index (χ1v) is 9.59. The lowest BCUT2D eigenvalue weighted by molar-refractivity contribution is 0.0660. The van der Waals surface area contributed by atoms with Crippen LogP contribution in [0, 0.1) is 0 Å². The molecule has 0 N–H and O–H groups in total. The number of alkyl halides is 2. The molecule has 1 aliphatic carbocycles. The summed E-state index contributed by atoms with van der Waals surface area (Å²) < 4.78 is 27.5. The number of halogens is 2. The van der Waals surface area contributed by atoms with E-state index in [1.165, 1.54) is 21.7 Å². The van der Waals surface area contributed by atoms with Crippen molar-refractivity contribution in [1.82, 2.24) is 19.5 Å². The molecular weight excluding hydrogens is 362 g/mol. The SMILES string of the molecule is CCCN(C(=O)c1ccc2nnc(C(F)F)n2c1)[C@H]1CCc2ccccc2C1. The van der Waals surface area contributed by atoms with E-state index in [0.717, 1.165) is 25.7 Å². The summed E-state index contributed by atoms with van der Waals surface area (Å²) in [5.74, 6) is -0.583. The van der Waals surface area contributed by atoms with Crippen LogP contribution >= 0.6 is 0 Å². The monoisotopic (exact) mass is 384 g/mol. The molecule has 0 fully saturated rings. The smallest absolute Gasteiger partial charge is 0.297 e. The highest BCUT2D eigenvalue weighted by Crippen LogP contribution is 2.26. The van der Waals surface area contributed by atoms with Crippen LogP contribution in [0.5, 0.6) is 0 Å². The van der Waals surface area contributed by atoms with Gasteiger partial charge in [-0.3, -0.25) is 9.20 Å². The average molecular weight is 384 g/mol. The van der Waals surface area contributed by atoms with Gasteiger partial charge in [0, 0.05) is 18.8 Å². The molecule has 0 unspecified atom stereocenters. The Morgan fingerprint density at radius 1 is 1.21 bits per heavy atom. The molecule has 1 aliphatic rings. The summed E-state index contributed by atoms with van der Waals surface area (Å²) in [4.78, 5) is 15.2. The highest BCUT2D eigenvalue weighted by atomic mass is 19.3. The Balaban J connectivity index is 1.64. The van der Waals surface area contributed by atoms with Gasteiger partial charge in [-0.2, -0.15) is 0 Å². The maximum atomic E-state index is 13.3. The van der Waals surface area contributed by atoms with E-state index in [4.69, 9.17) is 0 Å². The second-order valence-electron chi connectivity index (χ2n) is 7.17. The molecule has 0 radical (unpaired) electrons. The molecule has 146 valence electrons. The third kappa shape index (κ3) is 3.37. The van der Waals surface area contributed by atoms with Crippen LogP contribution in [0.15, 0.2) is 42.6 Å². The van der Waals surface area contributed by atoms with Gasteiger partial charge >= 0.3 is 0 Å². The summed E-state index contributed by atoms with van der Waals surface area (Å²) in [6, 6.07) is 11.6. The van der Waals surface area contributed by atoms with E-state index in [2.05, 4.69) is 22.3 Å². The number of hydrogen-bond acceptors (Lipinski definition) is 3. The third-order valence-electron chi connectivity index (χ3n) is 5.36. The molecule has 0 spiro atoms. The zero-order chi connectivity index (χ0) is 19.7. The van der Waals surface area contributed by atoms with Gasteiger partial charge in [0.2, 0.25) is 5.82 Å². The molecule has 2 heterocycles. The Morgan fingerprint density at radius 2 is 2.00 bits per heavy atom. The molecule has 1 atom stereocenters. The Morgan fingerprint density at radius 3 is 2.75 bits per heavy atom. The van der Waals surface area contributed by atoms with Gasteiger partial charge in [0.05, 0.1) is 5.56 Å². The predicted molar refractivity (Wildman–Crippen MR) is 102 cm³/mol. The topological polar surface area (TPSA) is 50.5 Å². The Bertz CT molecular complexity index is 1000. The van der Waals surface area contributed by atoms with Gasteiger partial charge in [-0.1, -0.05) is 31.2 Å². The van der Waals surface area contributed by atoms with Gasteiger partial charge < -0.3 is 4.90 Å². The van der Waals surface area contributed by atoms with Crippen molar-refractivity contribution in [3.8, 4) is 0 Å². The summed E-state index contributed by atoms with van der Waals surface area (Å²) in [5, 5.41) is 7.27. The van der Waals surface area contributed by atoms with E-state index >= 15 is 0 Å². The van der Waals surface area contributed by atoms with E-state index < -0.39 is 12.2 Å². The minimum absolute atomic E-state index is 0.105. The molecule has 1 aromatic carbocycles. The van der Waals surface area contributed by atoms with Crippen LogP contribution in [0.2, 0.25) is 0 Å². The van der Waals surface area contributed by atoms with Crippen molar-refractivity contribution in [1.29, 1.82) is 0 Å². The number of benzene rings is 1.